The lowest BCUT2D eigenvalue weighted by atomic mass is 10.00. The van der Waals surface area contributed by atoms with E-state index in [0.29, 0.717) is 11.3 Å². The summed E-state index contributed by atoms with van der Waals surface area (Å²) in [5.41, 5.74) is -1.08. The minimum atomic E-state index is -3.58. The lowest BCUT2D eigenvalue weighted by Crippen LogP contribution is -2.27. The molecule has 20 heavy (non-hydrogen) atoms. The Labute approximate surface area is 116 Å². The Morgan fingerprint density at radius 1 is 1.35 bits per heavy atom. The minimum absolute atomic E-state index is 0.567. The number of aliphatic hydroxyl groups is 1. The fourth-order valence-corrected chi connectivity index (χ4v) is 4.73. The molecule has 1 fully saturated rings. The topological polar surface area (TPSA) is 101 Å². The molecule has 110 valence electrons. The maximum atomic E-state index is 11.8. The number of ether oxygens (including phenoxy) is 1. The predicted molar refractivity (Wildman–Crippen MR) is 71.5 cm³/mol. The number of hydrogen-bond acceptors (Lipinski definition) is 5. The lowest BCUT2D eigenvalue weighted by Gasteiger charge is -2.08. The Balaban J connectivity index is 2.46. The van der Waals surface area contributed by atoms with Gasteiger partial charge in [0, 0.05) is 12.2 Å². The predicted octanol–water partition coefficient (Wildman–Crippen LogP) is 0.269. The molecule has 0 amide bonds. The fourth-order valence-electron chi connectivity index (χ4n) is 2.83. The molecule has 0 aliphatic heterocycles. The molecule has 0 radical (unpaired) electrons. The fraction of sp³-hybridized carbons (Fsp3) is 0.462. The van der Waals surface area contributed by atoms with Gasteiger partial charge in [-0.05, 0) is 17.7 Å². The van der Waals surface area contributed by atoms with Crippen LogP contribution in [0, 0.1) is 5.41 Å². The molecule has 0 heterocycles. The number of carbonyl (C=O) groups is 1. The van der Waals surface area contributed by atoms with Crippen LogP contribution in [0.5, 0.6) is 5.75 Å². The van der Waals surface area contributed by atoms with Crippen LogP contribution in [0.3, 0.4) is 0 Å². The summed E-state index contributed by atoms with van der Waals surface area (Å²) in [5.74, 6) is -1.45. The molecule has 0 unspecified atom stereocenters. The summed E-state index contributed by atoms with van der Waals surface area (Å²) in [6, 6.07) is 6.53. The van der Waals surface area contributed by atoms with Gasteiger partial charge in [-0.1, -0.05) is 12.1 Å². The van der Waals surface area contributed by atoms with Crippen molar-refractivity contribution >= 4 is 15.8 Å². The molecular formula is C13H16O6S. The van der Waals surface area contributed by atoms with Gasteiger partial charge < -0.3 is 14.9 Å². The summed E-state index contributed by atoms with van der Waals surface area (Å²) in [7, 11) is -2.08. The zero-order chi connectivity index (χ0) is 15.1. The van der Waals surface area contributed by atoms with Crippen molar-refractivity contribution < 1.29 is 28.2 Å². The molecule has 0 aromatic heterocycles. The second-order valence-electron chi connectivity index (χ2n) is 5.00. The SMILES string of the molecule is COc1ccc([C@@H]2[C@H](S(C)(=O)=O)[C@]2(CO)C(=O)O)cc1. The maximum absolute atomic E-state index is 11.8. The van der Waals surface area contributed by atoms with E-state index in [0.717, 1.165) is 6.26 Å². The third-order valence-corrected chi connectivity index (χ3v) is 5.47. The average molecular weight is 300 g/mol. The van der Waals surface area contributed by atoms with E-state index < -0.39 is 39.0 Å². The number of aliphatic carboxylic acids is 1. The maximum Gasteiger partial charge on any atom is 0.314 e. The normalized spacial score (nSPS) is 28.9. The van der Waals surface area contributed by atoms with Gasteiger partial charge >= 0.3 is 5.97 Å². The van der Waals surface area contributed by atoms with Crippen molar-refractivity contribution in [2.75, 3.05) is 20.0 Å². The highest BCUT2D eigenvalue weighted by atomic mass is 32.2. The van der Waals surface area contributed by atoms with Crippen LogP contribution >= 0.6 is 0 Å². The molecule has 6 nitrogen and oxygen atoms in total. The number of aliphatic hydroxyl groups excluding tert-OH is 1. The van der Waals surface area contributed by atoms with Gasteiger partial charge in [-0.3, -0.25) is 4.79 Å². The van der Waals surface area contributed by atoms with Crippen molar-refractivity contribution in [2.24, 2.45) is 5.41 Å². The van der Waals surface area contributed by atoms with Gasteiger partial charge in [-0.25, -0.2) is 8.42 Å². The average Bonchev–Trinajstić information content (AvgIpc) is 3.09. The van der Waals surface area contributed by atoms with Crippen LogP contribution < -0.4 is 4.74 Å². The number of benzene rings is 1. The van der Waals surface area contributed by atoms with E-state index in [1.54, 1.807) is 24.3 Å². The van der Waals surface area contributed by atoms with Crippen molar-refractivity contribution in [3.8, 4) is 5.75 Å². The van der Waals surface area contributed by atoms with E-state index in [2.05, 4.69) is 0 Å². The van der Waals surface area contributed by atoms with E-state index in [1.165, 1.54) is 7.11 Å². The standard InChI is InChI=1S/C13H16O6S/c1-19-9-5-3-8(4-6-9)10-11(20(2,17)18)13(10,7-14)12(15)16/h3-6,10-11,14H,7H2,1-2H3,(H,15,16)/t10-,11+,13-/m1/s1. The molecule has 1 aliphatic rings. The summed E-state index contributed by atoms with van der Waals surface area (Å²) in [6.45, 7) is -0.712. The Hall–Kier alpha value is -1.60. The molecule has 0 saturated heterocycles. The van der Waals surface area contributed by atoms with Crippen molar-refractivity contribution in [1.82, 2.24) is 0 Å². The molecule has 1 saturated carbocycles. The highest BCUT2D eigenvalue weighted by Gasteiger charge is 2.74. The molecule has 1 aliphatic carbocycles. The van der Waals surface area contributed by atoms with E-state index in [9.17, 15) is 23.4 Å². The summed E-state index contributed by atoms with van der Waals surface area (Å²) < 4.78 is 28.6. The van der Waals surface area contributed by atoms with Gasteiger partial charge in [0.2, 0.25) is 0 Å². The smallest absolute Gasteiger partial charge is 0.314 e. The van der Waals surface area contributed by atoms with Crippen molar-refractivity contribution in [1.29, 1.82) is 0 Å². The number of carboxylic acids is 1. The highest BCUT2D eigenvalue weighted by molar-refractivity contribution is 7.91. The van der Waals surface area contributed by atoms with Crippen molar-refractivity contribution in [3.05, 3.63) is 29.8 Å². The van der Waals surface area contributed by atoms with Crippen molar-refractivity contribution in [2.45, 2.75) is 11.2 Å². The zero-order valence-corrected chi connectivity index (χ0v) is 11.9. The quantitative estimate of drug-likeness (QED) is 0.809. The van der Waals surface area contributed by atoms with E-state index in [4.69, 9.17) is 4.74 Å². The number of sulfone groups is 1. The van der Waals surface area contributed by atoms with Gasteiger partial charge in [0.25, 0.3) is 0 Å². The largest absolute Gasteiger partial charge is 0.497 e. The van der Waals surface area contributed by atoms with Crippen LogP contribution in [0.2, 0.25) is 0 Å². The molecule has 0 spiro atoms. The molecule has 1 aromatic rings. The number of carboxylic acid groups (broad SMARTS) is 1. The summed E-state index contributed by atoms with van der Waals surface area (Å²) in [6.07, 6.45) is 0.995. The first-order chi connectivity index (χ1) is 9.29. The first-order valence-corrected chi connectivity index (χ1v) is 7.91. The molecule has 0 bridgehead atoms. The number of rotatable bonds is 5. The summed E-state index contributed by atoms with van der Waals surface area (Å²) in [5, 5.41) is 17.6. The van der Waals surface area contributed by atoms with Crippen LogP contribution in [0.1, 0.15) is 11.5 Å². The zero-order valence-electron chi connectivity index (χ0n) is 11.1. The molecule has 2 rings (SSSR count). The summed E-state index contributed by atoms with van der Waals surface area (Å²) in [4.78, 5) is 11.4. The number of methoxy groups -OCH3 is 1. The second-order valence-corrected chi connectivity index (χ2v) is 7.17. The highest BCUT2D eigenvalue weighted by Crippen LogP contribution is 2.62. The van der Waals surface area contributed by atoms with Crippen LogP contribution in [-0.4, -0.2) is 49.8 Å². The van der Waals surface area contributed by atoms with Gasteiger partial charge in [0.05, 0.1) is 19.0 Å². The molecule has 3 atom stereocenters. The van der Waals surface area contributed by atoms with Gasteiger partial charge in [-0.2, -0.15) is 0 Å². The molecule has 7 heteroatoms. The first kappa shape index (κ1) is 14.8. The van der Waals surface area contributed by atoms with E-state index in [-0.39, 0.29) is 0 Å². The summed E-state index contributed by atoms with van der Waals surface area (Å²) >= 11 is 0. The second kappa shape index (κ2) is 4.75. The van der Waals surface area contributed by atoms with Crippen LogP contribution in [0.25, 0.3) is 0 Å². The lowest BCUT2D eigenvalue weighted by molar-refractivity contribution is -0.145. The Kier molecular flexibility index (Phi) is 3.51. The third-order valence-electron chi connectivity index (χ3n) is 3.85. The third kappa shape index (κ3) is 2.06. The van der Waals surface area contributed by atoms with Gasteiger partial charge in [-0.15, -0.1) is 0 Å². The van der Waals surface area contributed by atoms with Gasteiger partial charge in [0.15, 0.2) is 9.84 Å². The Morgan fingerprint density at radius 3 is 2.20 bits per heavy atom. The number of hydrogen-bond donors (Lipinski definition) is 2. The van der Waals surface area contributed by atoms with Crippen molar-refractivity contribution in [3.63, 3.8) is 0 Å². The first-order valence-electron chi connectivity index (χ1n) is 5.96. The molecular weight excluding hydrogens is 284 g/mol. The van der Waals surface area contributed by atoms with Gasteiger partial charge in [0.1, 0.15) is 11.2 Å². The van der Waals surface area contributed by atoms with E-state index in [1.807, 2.05) is 0 Å². The van der Waals surface area contributed by atoms with E-state index >= 15 is 0 Å². The Morgan fingerprint density at radius 2 is 1.90 bits per heavy atom. The minimum Gasteiger partial charge on any atom is -0.497 e. The van der Waals surface area contributed by atoms with Crippen LogP contribution in [0.15, 0.2) is 24.3 Å². The van der Waals surface area contributed by atoms with Crippen LogP contribution in [-0.2, 0) is 14.6 Å². The molecule has 2 N–H and O–H groups in total. The monoisotopic (exact) mass is 300 g/mol. The molecule has 1 aromatic carbocycles. The van der Waals surface area contributed by atoms with Crippen LogP contribution in [0.4, 0.5) is 0 Å². The Bertz CT molecular complexity index is 621.